The molecule has 3 rings (SSSR count). The molecule has 8 nitrogen and oxygen atoms in total. The quantitative estimate of drug-likeness (QED) is 0.572. The van der Waals surface area contributed by atoms with Gasteiger partial charge in [0.05, 0.1) is 11.4 Å². The zero-order chi connectivity index (χ0) is 17.3. The van der Waals surface area contributed by atoms with Crippen LogP contribution in [0.5, 0.6) is 11.5 Å². The van der Waals surface area contributed by atoms with Gasteiger partial charge in [0.25, 0.3) is 10.0 Å². The van der Waals surface area contributed by atoms with Crippen LogP contribution in [-0.4, -0.2) is 32.0 Å². The van der Waals surface area contributed by atoms with E-state index in [1.54, 1.807) is 13.0 Å². The summed E-state index contributed by atoms with van der Waals surface area (Å²) in [4.78, 5) is 4.11. The Morgan fingerprint density at radius 1 is 1.25 bits per heavy atom. The first-order valence-corrected chi connectivity index (χ1v) is 8.57. The minimum absolute atomic E-state index is 0.0547. The summed E-state index contributed by atoms with van der Waals surface area (Å²) in [5.41, 5.74) is 1.22. The van der Waals surface area contributed by atoms with Crippen LogP contribution in [0.3, 0.4) is 0 Å². The molecule has 2 aromatic rings. The second kappa shape index (κ2) is 6.19. The number of sulfonamides is 1. The molecule has 0 saturated carbocycles. The van der Waals surface area contributed by atoms with E-state index in [1.165, 1.54) is 30.3 Å². The third kappa shape index (κ3) is 3.09. The lowest BCUT2D eigenvalue weighted by molar-refractivity contribution is -0.137. The number of hydrogen-bond donors (Lipinski definition) is 3. The molecule has 1 aliphatic rings. The van der Waals surface area contributed by atoms with Gasteiger partial charge in [-0.05, 0) is 42.8 Å². The van der Waals surface area contributed by atoms with Crippen LogP contribution in [0.1, 0.15) is 5.56 Å². The molecule has 1 aliphatic heterocycles. The summed E-state index contributed by atoms with van der Waals surface area (Å²) < 4.78 is 33.1. The highest BCUT2D eigenvalue weighted by Crippen LogP contribution is 2.35. The maximum Gasteiger partial charge on any atom is 0.262 e. The fourth-order valence-corrected chi connectivity index (χ4v) is 3.72. The minimum atomic E-state index is -3.85. The SMILES string of the molecule is Cc1cc2c(cc1S(=O)(=O)Nc1ccc(OO)cc1)OCCN2O. The van der Waals surface area contributed by atoms with Crippen molar-refractivity contribution in [3.63, 3.8) is 0 Å². The normalized spacial score (nSPS) is 13.9. The number of anilines is 2. The van der Waals surface area contributed by atoms with Crippen molar-refractivity contribution >= 4 is 21.4 Å². The molecule has 0 aliphatic carbocycles. The highest BCUT2D eigenvalue weighted by molar-refractivity contribution is 7.92. The van der Waals surface area contributed by atoms with Crippen molar-refractivity contribution in [2.24, 2.45) is 0 Å². The average molecular weight is 352 g/mol. The Labute approximate surface area is 138 Å². The monoisotopic (exact) mass is 352 g/mol. The van der Waals surface area contributed by atoms with Crippen LogP contribution in [0.15, 0.2) is 41.3 Å². The number of hydrogen-bond acceptors (Lipinski definition) is 7. The third-order valence-corrected chi connectivity index (χ3v) is 5.12. The predicted octanol–water partition coefficient (Wildman–Crippen LogP) is 2.24. The lowest BCUT2D eigenvalue weighted by atomic mass is 10.2. The highest BCUT2D eigenvalue weighted by Gasteiger charge is 2.24. The van der Waals surface area contributed by atoms with Crippen molar-refractivity contribution < 1.29 is 28.5 Å². The van der Waals surface area contributed by atoms with Crippen LogP contribution in [0.2, 0.25) is 0 Å². The molecular weight excluding hydrogens is 336 g/mol. The Hall–Kier alpha value is -2.49. The number of benzene rings is 2. The molecule has 24 heavy (non-hydrogen) atoms. The van der Waals surface area contributed by atoms with Gasteiger partial charge in [-0.3, -0.25) is 9.93 Å². The third-order valence-electron chi connectivity index (χ3n) is 3.60. The van der Waals surface area contributed by atoms with E-state index in [-0.39, 0.29) is 17.3 Å². The van der Waals surface area contributed by atoms with Gasteiger partial charge in [-0.2, -0.15) is 0 Å². The number of nitrogens with one attached hydrogen (secondary N) is 1. The molecule has 0 saturated heterocycles. The van der Waals surface area contributed by atoms with E-state index in [1.807, 2.05) is 0 Å². The second-order valence-corrected chi connectivity index (χ2v) is 6.93. The molecule has 0 amide bonds. The van der Waals surface area contributed by atoms with E-state index in [2.05, 4.69) is 9.61 Å². The molecule has 2 aromatic carbocycles. The van der Waals surface area contributed by atoms with Gasteiger partial charge in [0, 0.05) is 11.8 Å². The molecule has 0 spiro atoms. The Morgan fingerprint density at radius 2 is 1.96 bits per heavy atom. The summed E-state index contributed by atoms with van der Waals surface area (Å²) >= 11 is 0. The van der Waals surface area contributed by atoms with E-state index in [4.69, 9.17) is 9.99 Å². The van der Waals surface area contributed by atoms with Crippen LogP contribution in [0.4, 0.5) is 11.4 Å². The van der Waals surface area contributed by atoms with Crippen molar-refractivity contribution in [1.82, 2.24) is 0 Å². The number of hydroxylamine groups is 1. The number of ether oxygens (including phenoxy) is 1. The van der Waals surface area contributed by atoms with Crippen molar-refractivity contribution in [2.75, 3.05) is 22.9 Å². The fourth-order valence-electron chi connectivity index (χ4n) is 2.42. The zero-order valence-corrected chi connectivity index (χ0v) is 13.6. The second-order valence-electron chi connectivity index (χ2n) is 5.28. The predicted molar refractivity (Wildman–Crippen MR) is 86.3 cm³/mol. The highest BCUT2D eigenvalue weighted by atomic mass is 32.2. The van der Waals surface area contributed by atoms with Gasteiger partial charge in [-0.15, -0.1) is 0 Å². The van der Waals surface area contributed by atoms with Crippen LogP contribution in [-0.2, 0) is 10.0 Å². The van der Waals surface area contributed by atoms with Crippen LogP contribution in [0.25, 0.3) is 0 Å². The van der Waals surface area contributed by atoms with Crippen LogP contribution >= 0.6 is 0 Å². The Kier molecular flexibility index (Phi) is 4.22. The summed E-state index contributed by atoms with van der Waals surface area (Å²) in [6.07, 6.45) is 0. The lowest BCUT2D eigenvalue weighted by Crippen LogP contribution is -2.29. The number of rotatable bonds is 4. The molecule has 1 heterocycles. The average Bonchev–Trinajstić information content (AvgIpc) is 2.55. The molecule has 3 N–H and O–H groups in total. The van der Waals surface area contributed by atoms with Gasteiger partial charge >= 0.3 is 0 Å². The molecule has 128 valence electrons. The van der Waals surface area contributed by atoms with Crippen molar-refractivity contribution in [1.29, 1.82) is 0 Å². The molecule has 0 aromatic heterocycles. The number of aryl methyl sites for hydroxylation is 1. The van der Waals surface area contributed by atoms with Crippen molar-refractivity contribution in [3.8, 4) is 11.5 Å². The fraction of sp³-hybridized carbons (Fsp3) is 0.200. The molecule has 9 heteroatoms. The Balaban J connectivity index is 1.94. The molecule has 0 atom stereocenters. The maximum absolute atomic E-state index is 12.6. The molecular formula is C15H16N2O6S. The van der Waals surface area contributed by atoms with Crippen LogP contribution in [0, 0.1) is 6.92 Å². The van der Waals surface area contributed by atoms with E-state index in [0.717, 1.165) is 5.06 Å². The Bertz CT molecular complexity index is 851. The zero-order valence-electron chi connectivity index (χ0n) is 12.8. The minimum Gasteiger partial charge on any atom is -0.489 e. The van der Waals surface area contributed by atoms with Gasteiger partial charge in [0.2, 0.25) is 0 Å². The lowest BCUT2D eigenvalue weighted by Gasteiger charge is -2.26. The first-order chi connectivity index (χ1) is 11.4. The van der Waals surface area contributed by atoms with Gasteiger partial charge < -0.3 is 9.62 Å². The van der Waals surface area contributed by atoms with Gasteiger partial charge in [0.1, 0.15) is 18.0 Å². The van der Waals surface area contributed by atoms with Gasteiger partial charge in [0.15, 0.2) is 5.75 Å². The van der Waals surface area contributed by atoms with E-state index in [0.29, 0.717) is 29.2 Å². The largest absolute Gasteiger partial charge is 0.489 e. The van der Waals surface area contributed by atoms with E-state index >= 15 is 0 Å². The molecule has 0 unspecified atom stereocenters. The molecule has 0 bridgehead atoms. The number of fused-ring (bicyclic) bond motifs is 1. The number of nitrogens with zero attached hydrogens (tertiary/aromatic N) is 1. The summed E-state index contributed by atoms with van der Waals surface area (Å²) in [5.74, 6) is 0.498. The Morgan fingerprint density at radius 3 is 2.62 bits per heavy atom. The summed E-state index contributed by atoms with van der Waals surface area (Å²) in [7, 11) is -3.85. The summed E-state index contributed by atoms with van der Waals surface area (Å²) in [6.45, 7) is 2.22. The van der Waals surface area contributed by atoms with Crippen molar-refractivity contribution in [2.45, 2.75) is 11.8 Å². The van der Waals surface area contributed by atoms with E-state index < -0.39 is 10.0 Å². The summed E-state index contributed by atoms with van der Waals surface area (Å²) in [5, 5.41) is 19.4. The first-order valence-electron chi connectivity index (χ1n) is 7.09. The van der Waals surface area contributed by atoms with Gasteiger partial charge in [-0.1, -0.05) is 0 Å². The molecule has 0 radical (unpaired) electrons. The first kappa shape index (κ1) is 16.4. The smallest absolute Gasteiger partial charge is 0.262 e. The standard InChI is InChI=1S/C15H16N2O6S/c1-10-8-13-14(22-7-6-17(13)18)9-15(10)24(20,21)16-11-2-4-12(23-19)5-3-11/h2-5,8-9,16,18-19H,6-7H2,1H3. The van der Waals surface area contributed by atoms with Gasteiger partial charge in [-0.25, -0.2) is 18.7 Å². The van der Waals surface area contributed by atoms with Crippen molar-refractivity contribution in [3.05, 3.63) is 42.0 Å². The molecule has 0 fully saturated rings. The topological polar surface area (TPSA) is 108 Å². The summed E-state index contributed by atoms with van der Waals surface area (Å²) in [6, 6.07) is 8.71. The van der Waals surface area contributed by atoms with Crippen LogP contribution < -0.4 is 19.4 Å². The van der Waals surface area contributed by atoms with E-state index in [9.17, 15) is 13.6 Å². The maximum atomic E-state index is 12.6.